The van der Waals surface area contributed by atoms with Gasteiger partial charge in [0, 0.05) is 17.1 Å². The molecule has 0 radical (unpaired) electrons. The first kappa shape index (κ1) is 16.4. The van der Waals surface area contributed by atoms with Gasteiger partial charge in [-0.15, -0.1) is 0 Å². The number of carbonyl (C=O) groups is 1. The number of hydrogen-bond donors (Lipinski definition) is 1. The molecule has 0 atom stereocenters. The molecule has 0 spiro atoms. The van der Waals surface area contributed by atoms with Gasteiger partial charge in [-0.05, 0) is 55.7 Å². The predicted octanol–water partition coefficient (Wildman–Crippen LogP) is 4.10. The molecule has 0 fully saturated rings. The molecule has 0 aromatic heterocycles. The van der Waals surface area contributed by atoms with Crippen molar-refractivity contribution in [3.63, 3.8) is 0 Å². The lowest BCUT2D eigenvalue weighted by Gasteiger charge is -2.07. The van der Waals surface area contributed by atoms with Gasteiger partial charge in [0.25, 0.3) is 5.91 Å². The minimum atomic E-state index is -0.0674. The standard InChI is InChI=1S/C18H20ClNO2/c1-2-22-16-11-9-15(10-12-16)18(21)20-13-5-7-14-6-3-4-8-17(14)19/h3-4,6,8-12H,2,5,7,13H2,1H3,(H,20,21). The second kappa shape index (κ2) is 8.44. The second-order valence-corrected chi connectivity index (χ2v) is 5.32. The number of ether oxygens (including phenoxy) is 1. The number of nitrogens with one attached hydrogen (secondary N) is 1. The van der Waals surface area contributed by atoms with Gasteiger partial charge in [-0.3, -0.25) is 4.79 Å². The van der Waals surface area contributed by atoms with Gasteiger partial charge in [0.2, 0.25) is 0 Å². The van der Waals surface area contributed by atoms with Crippen molar-refractivity contribution in [3.8, 4) is 5.75 Å². The number of amides is 1. The molecule has 0 heterocycles. The van der Waals surface area contributed by atoms with E-state index in [1.165, 1.54) is 0 Å². The molecule has 116 valence electrons. The summed E-state index contributed by atoms with van der Waals surface area (Å²) in [6.45, 7) is 3.17. The normalized spacial score (nSPS) is 10.3. The van der Waals surface area contributed by atoms with Crippen molar-refractivity contribution in [2.45, 2.75) is 19.8 Å². The molecule has 0 unspecified atom stereocenters. The van der Waals surface area contributed by atoms with Crippen LogP contribution in [0.3, 0.4) is 0 Å². The lowest BCUT2D eigenvalue weighted by Crippen LogP contribution is -2.24. The Kier molecular flexibility index (Phi) is 6.28. The number of aryl methyl sites for hydroxylation is 1. The summed E-state index contributed by atoms with van der Waals surface area (Å²) >= 11 is 6.10. The van der Waals surface area contributed by atoms with E-state index in [0.717, 1.165) is 29.2 Å². The summed E-state index contributed by atoms with van der Waals surface area (Å²) in [7, 11) is 0. The highest BCUT2D eigenvalue weighted by molar-refractivity contribution is 6.31. The second-order valence-electron chi connectivity index (χ2n) is 4.91. The topological polar surface area (TPSA) is 38.3 Å². The number of rotatable bonds is 7. The van der Waals surface area contributed by atoms with Crippen molar-refractivity contribution in [2.75, 3.05) is 13.2 Å². The Morgan fingerprint density at radius 3 is 2.55 bits per heavy atom. The van der Waals surface area contributed by atoms with E-state index in [2.05, 4.69) is 5.32 Å². The Bertz CT molecular complexity index is 611. The van der Waals surface area contributed by atoms with E-state index in [0.29, 0.717) is 18.7 Å². The zero-order chi connectivity index (χ0) is 15.8. The van der Waals surface area contributed by atoms with E-state index in [1.54, 1.807) is 12.1 Å². The Morgan fingerprint density at radius 2 is 1.86 bits per heavy atom. The Hall–Kier alpha value is -2.00. The molecule has 0 aliphatic carbocycles. The molecule has 1 amide bonds. The van der Waals surface area contributed by atoms with Crippen LogP contribution in [-0.2, 0) is 6.42 Å². The predicted molar refractivity (Wildman–Crippen MR) is 89.7 cm³/mol. The summed E-state index contributed by atoms with van der Waals surface area (Å²) in [4.78, 5) is 12.0. The molecular weight excluding hydrogens is 298 g/mol. The third-order valence-corrected chi connectivity index (χ3v) is 3.66. The van der Waals surface area contributed by atoms with Gasteiger partial charge in [0.1, 0.15) is 5.75 Å². The molecule has 2 aromatic rings. The smallest absolute Gasteiger partial charge is 0.251 e. The molecule has 2 rings (SSSR count). The molecule has 3 nitrogen and oxygen atoms in total. The summed E-state index contributed by atoms with van der Waals surface area (Å²) in [5.74, 6) is 0.708. The number of benzene rings is 2. The fraction of sp³-hybridized carbons (Fsp3) is 0.278. The lowest BCUT2D eigenvalue weighted by atomic mass is 10.1. The summed E-state index contributed by atoms with van der Waals surface area (Å²) in [5.41, 5.74) is 1.75. The maximum absolute atomic E-state index is 12.0. The third-order valence-electron chi connectivity index (χ3n) is 3.29. The third kappa shape index (κ3) is 4.78. The molecule has 0 aliphatic heterocycles. The SMILES string of the molecule is CCOc1ccc(C(=O)NCCCc2ccccc2Cl)cc1. The summed E-state index contributed by atoms with van der Waals surface area (Å²) in [5, 5.41) is 3.70. The van der Waals surface area contributed by atoms with Gasteiger partial charge in [-0.2, -0.15) is 0 Å². The van der Waals surface area contributed by atoms with Crippen LogP contribution in [0.25, 0.3) is 0 Å². The first-order chi connectivity index (χ1) is 10.7. The maximum atomic E-state index is 12.0. The number of halogens is 1. The Morgan fingerprint density at radius 1 is 1.14 bits per heavy atom. The van der Waals surface area contributed by atoms with E-state index in [1.807, 2.05) is 43.3 Å². The van der Waals surface area contributed by atoms with Crippen molar-refractivity contribution in [1.29, 1.82) is 0 Å². The van der Waals surface area contributed by atoms with Crippen molar-refractivity contribution in [3.05, 3.63) is 64.7 Å². The average Bonchev–Trinajstić information content (AvgIpc) is 2.54. The number of hydrogen-bond acceptors (Lipinski definition) is 2. The number of carbonyl (C=O) groups excluding carboxylic acids is 1. The average molecular weight is 318 g/mol. The molecule has 22 heavy (non-hydrogen) atoms. The lowest BCUT2D eigenvalue weighted by molar-refractivity contribution is 0.0953. The minimum Gasteiger partial charge on any atom is -0.494 e. The van der Waals surface area contributed by atoms with E-state index in [9.17, 15) is 4.79 Å². The first-order valence-electron chi connectivity index (χ1n) is 7.45. The summed E-state index contributed by atoms with van der Waals surface area (Å²) in [6.07, 6.45) is 1.70. The van der Waals surface area contributed by atoms with Crippen LogP contribution in [-0.4, -0.2) is 19.1 Å². The zero-order valence-corrected chi connectivity index (χ0v) is 13.4. The van der Waals surface area contributed by atoms with Crippen LogP contribution in [0.15, 0.2) is 48.5 Å². The van der Waals surface area contributed by atoms with Gasteiger partial charge in [-0.1, -0.05) is 29.8 Å². The highest BCUT2D eigenvalue weighted by atomic mass is 35.5. The van der Waals surface area contributed by atoms with Crippen molar-refractivity contribution in [1.82, 2.24) is 5.32 Å². The van der Waals surface area contributed by atoms with Crippen LogP contribution in [0.5, 0.6) is 5.75 Å². The molecular formula is C18H20ClNO2. The van der Waals surface area contributed by atoms with Crippen LogP contribution in [0.4, 0.5) is 0 Å². The molecule has 0 saturated heterocycles. The fourth-order valence-corrected chi connectivity index (χ4v) is 2.38. The molecule has 0 bridgehead atoms. The van der Waals surface area contributed by atoms with E-state index < -0.39 is 0 Å². The first-order valence-corrected chi connectivity index (χ1v) is 7.83. The quantitative estimate of drug-likeness (QED) is 0.781. The molecule has 0 saturated carbocycles. The minimum absolute atomic E-state index is 0.0674. The summed E-state index contributed by atoms with van der Waals surface area (Å²) < 4.78 is 5.36. The largest absolute Gasteiger partial charge is 0.494 e. The summed E-state index contributed by atoms with van der Waals surface area (Å²) in [6, 6.07) is 14.9. The zero-order valence-electron chi connectivity index (χ0n) is 12.6. The van der Waals surface area contributed by atoms with Gasteiger partial charge in [-0.25, -0.2) is 0 Å². The maximum Gasteiger partial charge on any atom is 0.251 e. The van der Waals surface area contributed by atoms with Crippen molar-refractivity contribution < 1.29 is 9.53 Å². The van der Waals surface area contributed by atoms with Crippen LogP contribution in [0.1, 0.15) is 29.3 Å². The Balaban J connectivity index is 1.77. The molecule has 4 heteroatoms. The van der Waals surface area contributed by atoms with E-state index in [4.69, 9.17) is 16.3 Å². The monoisotopic (exact) mass is 317 g/mol. The van der Waals surface area contributed by atoms with Crippen molar-refractivity contribution >= 4 is 17.5 Å². The van der Waals surface area contributed by atoms with Gasteiger partial charge >= 0.3 is 0 Å². The van der Waals surface area contributed by atoms with Gasteiger partial charge in [0.15, 0.2) is 0 Å². The van der Waals surface area contributed by atoms with Gasteiger partial charge in [0.05, 0.1) is 6.61 Å². The molecule has 0 aliphatic rings. The van der Waals surface area contributed by atoms with Crippen LogP contribution in [0, 0.1) is 0 Å². The van der Waals surface area contributed by atoms with E-state index in [-0.39, 0.29) is 5.91 Å². The van der Waals surface area contributed by atoms with Crippen LogP contribution >= 0.6 is 11.6 Å². The highest BCUT2D eigenvalue weighted by Gasteiger charge is 2.05. The fourth-order valence-electron chi connectivity index (χ4n) is 2.15. The van der Waals surface area contributed by atoms with Gasteiger partial charge < -0.3 is 10.1 Å². The van der Waals surface area contributed by atoms with Crippen molar-refractivity contribution in [2.24, 2.45) is 0 Å². The molecule has 2 aromatic carbocycles. The molecule has 1 N–H and O–H groups in total. The highest BCUT2D eigenvalue weighted by Crippen LogP contribution is 2.16. The van der Waals surface area contributed by atoms with Crippen LogP contribution in [0.2, 0.25) is 5.02 Å². The van der Waals surface area contributed by atoms with Crippen LogP contribution < -0.4 is 10.1 Å². The van der Waals surface area contributed by atoms with E-state index >= 15 is 0 Å². The Labute approximate surface area is 136 Å².